The van der Waals surface area contributed by atoms with E-state index in [0.29, 0.717) is 24.4 Å². The summed E-state index contributed by atoms with van der Waals surface area (Å²) < 4.78 is 0. The molecule has 32 heavy (non-hydrogen) atoms. The first kappa shape index (κ1) is 21.7. The molecule has 3 aliphatic rings. The van der Waals surface area contributed by atoms with Crippen LogP contribution in [0.25, 0.3) is 0 Å². The summed E-state index contributed by atoms with van der Waals surface area (Å²) in [6.45, 7) is 5.42. The molecule has 4 nitrogen and oxygen atoms in total. The van der Waals surface area contributed by atoms with Crippen LogP contribution in [0.1, 0.15) is 48.8 Å². The Kier molecular flexibility index (Phi) is 6.89. The molecule has 2 heterocycles. The molecule has 0 bridgehead atoms. The zero-order chi connectivity index (χ0) is 21.8. The standard InChI is InChI=1S/C28H37N3O/c32-28(29-26-14-15-30(21-26)20-23-6-2-1-3-7-23)11-10-22-12-16-31(17-13-22)27-18-24-8-4-5-9-25(24)19-27/h1-9,22,26-27H,10-21H2,(H,29,32). The summed E-state index contributed by atoms with van der Waals surface area (Å²) in [7, 11) is 0. The number of carbonyl (C=O) groups excluding carboxylic acids is 1. The summed E-state index contributed by atoms with van der Waals surface area (Å²) in [5.74, 6) is 0.962. The third kappa shape index (κ3) is 5.41. The second-order valence-corrected chi connectivity index (χ2v) is 10.1. The summed E-state index contributed by atoms with van der Waals surface area (Å²) in [4.78, 5) is 17.7. The van der Waals surface area contributed by atoms with E-state index in [1.807, 2.05) is 0 Å². The first-order valence-corrected chi connectivity index (χ1v) is 12.6. The summed E-state index contributed by atoms with van der Waals surface area (Å²) >= 11 is 0. The molecular weight excluding hydrogens is 394 g/mol. The second kappa shape index (κ2) is 10.2. The number of hydrogen-bond acceptors (Lipinski definition) is 3. The monoisotopic (exact) mass is 431 g/mol. The average Bonchev–Trinajstić information content (AvgIpc) is 3.45. The number of amides is 1. The summed E-state index contributed by atoms with van der Waals surface area (Å²) in [5, 5.41) is 3.31. The van der Waals surface area contributed by atoms with E-state index in [1.54, 1.807) is 11.1 Å². The molecule has 170 valence electrons. The molecule has 2 saturated heterocycles. The van der Waals surface area contributed by atoms with Crippen molar-refractivity contribution in [3.05, 3.63) is 71.3 Å². The van der Waals surface area contributed by atoms with Gasteiger partial charge in [0.25, 0.3) is 0 Å². The topological polar surface area (TPSA) is 35.6 Å². The molecule has 2 aromatic carbocycles. The highest BCUT2D eigenvalue weighted by atomic mass is 16.1. The minimum Gasteiger partial charge on any atom is -0.352 e. The van der Waals surface area contributed by atoms with Crippen LogP contribution in [0.4, 0.5) is 0 Å². The minimum absolute atomic E-state index is 0.255. The fourth-order valence-electron chi connectivity index (χ4n) is 5.97. The highest BCUT2D eigenvalue weighted by Gasteiger charge is 2.30. The zero-order valence-corrected chi connectivity index (χ0v) is 19.2. The predicted molar refractivity (Wildman–Crippen MR) is 129 cm³/mol. The Balaban J connectivity index is 0.986. The van der Waals surface area contributed by atoms with E-state index in [0.717, 1.165) is 32.5 Å². The summed E-state index contributed by atoms with van der Waals surface area (Å²) in [6, 6.07) is 20.6. The van der Waals surface area contributed by atoms with Crippen LogP contribution in [0.2, 0.25) is 0 Å². The lowest BCUT2D eigenvalue weighted by Crippen LogP contribution is -2.42. The molecule has 1 atom stereocenters. The maximum atomic E-state index is 12.6. The Hall–Kier alpha value is -2.17. The molecule has 0 aromatic heterocycles. The highest BCUT2D eigenvalue weighted by molar-refractivity contribution is 5.76. The van der Waals surface area contributed by atoms with Gasteiger partial charge in [0.1, 0.15) is 0 Å². The predicted octanol–water partition coefficient (Wildman–Crippen LogP) is 4.04. The second-order valence-electron chi connectivity index (χ2n) is 10.1. The molecule has 1 aliphatic carbocycles. The molecule has 2 aliphatic heterocycles. The lowest BCUT2D eigenvalue weighted by atomic mass is 9.91. The van der Waals surface area contributed by atoms with E-state index in [4.69, 9.17) is 0 Å². The first-order chi connectivity index (χ1) is 15.7. The Morgan fingerprint density at radius 3 is 2.28 bits per heavy atom. The van der Waals surface area contributed by atoms with Crippen LogP contribution >= 0.6 is 0 Å². The van der Waals surface area contributed by atoms with Crippen LogP contribution in [0.3, 0.4) is 0 Å². The lowest BCUT2D eigenvalue weighted by Gasteiger charge is -2.36. The van der Waals surface area contributed by atoms with Crippen molar-refractivity contribution in [1.29, 1.82) is 0 Å². The maximum Gasteiger partial charge on any atom is 0.220 e. The Morgan fingerprint density at radius 1 is 0.875 bits per heavy atom. The molecule has 0 spiro atoms. The number of nitrogens with one attached hydrogen (secondary N) is 1. The molecule has 0 radical (unpaired) electrons. The molecule has 0 saturated carbocycles. The zero-order valence-electron chi connectivity index (χ0n) is 19.2. The largest absolute Gasteiger partial charge is 0.352 e. The van der Waals surface area contributed by atoms with Gasteiger partial charge in [-0.15, -0.1) is 0 Å². The van der Waals surface area contributed by atoms with Crippen LogP contribution in [-0.2, 0) is 24.2 Å². The summed E-state index contributed by atoms with van der Waals surface area (Å²) in [6.07, 6.45) is 7.72. The van der Waals surface area contributed by atoms with Gasteiger partial charge in [0.05, 0.1) is 0 Å². The third-order valence-corrected chi connectivity index (χ3v) is 7.86. The average molecular weight is 432 g/mol. The molecule has 1 amide bonds. The third-order valence-electron chi connectivity index (χ3n) is 7.86. The molecule has 2 fully saturated rings. The molecule has 2 aromatic rings. The van der Waals surface area contributed by atoms with E-state index in [1.165, 1.54) is 44.3 Å². The van der Waals surface area contributed by atoms with Crippen LogP contribution in [0, 0.1) is 5.92 Å². The minimum atomic E-state index is 0.255. The molecule has 1 N–H and O–H groups in total. The van der Waals surface area contributed by atoms with Gasteiger partial charge in [0, 0.05) is 38.1 Å². The van der Waals surface area contributed by atoms with Crippen LogP contribution in [-0.4, -0.2) is 54.0 Å². The maximum absolute atomic E-state index is 12.6. The van der Waals surface area contributed by atoms with Crippen LogP contribution in [0.5, 0.6) is 0 Å². The van der Waals surface area contributed by atoms with Crippen molar-refractivity contribution in [3.63, 3.8) is 0 Å². The van der Waals surface area contributed by atoms with Crippen LogP contribution in [0.15, 0.2) is 54.6 Å². The van der Waals surface area contributed by atoms with Gasteiger partial charge in [-0.25, -0.2) is 0 Å². The molecule has 4 heteroatoms. The fraction of sp³-hybridized carbons (Fsp3) is 0.536. The number of piperidine rings is 1. The Bertz CT molecular complexity index is 866. The number of nitrogens with zero attached hydrogens (tertiary/aromatic N) is 2. The number of carbonyl (C=O) groups is 1. The van der Waals surface area contributed by atoms with E-state index in [-0.39, 0.29) is 5.91 Å². The highest BCUT2D eigenvalue weighted by Crippen LogP contribution is 2.30. The Morgan fingerprint density at radius 2 is 1.56 bits per heavy atom. The quantitative estimate of drug-likeness (QED) is 0.719. The lowest BCUT2D eigenvalue weighted by molar-refractivity contribution is -0.122. The Labute approximate surface area is 193 Å². The van der Waals surface area contributed by atoms with Crippen molar-refractivity contribution in [1.82, 2.24) is 15.1 Å². The SMILES string of the molecule is O=C(CCC1CCN(C2Cc3ccccc3C2)CC1)NC1CCN(Cc2ccccc2)C1. The van der Waals surface area contributed by atoms with Crippen molar-refractivity contribution in [2.45, 2.75) is 63.6 Å². The van der Waals surface area contributed by atoms with E-state index >= 15 is 0 Å². The smallest absolute Gasteiger partial charge is 0.220 e. The van der Waals surface area contributed by atoms with Gasteiger partial charge in [-0.2, -0.15) is 0 Å². The van der Waals surface area contributed by atoms with Gasteiger partial charge >= 0.3 is 0 Å². The van der Waals surface area contributed by atoms with Crippen molar-refractivity contribution >= 4 is 5.91 Å². The van der Waals surface area contributed by atoms with Gasteiger partial charge in [-0.1, -0.05) is 54.6 Å². The number of likely N-dealkylation sites (tertiary alicyclic amines) is 2. The van der Waals surface area contributed by atoms with Crippen LogP contribution < -0.4 is 5.32 Å². The van der Waals surface area contributed by atoms with Gasteiger partial charge in [-0.05, 0) is 74.2 Å². The van der Waals surface area contributed by atoms with Gasteiger partial charge in [0.15, 0.2) is 0 Å². The van der Waals surface area contributed by atoms with Gasteiger partial charge in [-0.3, -0.25) is 14.6 Å². The molecule has 1 unspecified atom stereocenters. The number of hydrogen-bond donors (Lipinski definition) is 1. The van der Waals surface area contributed by atoms with Gasteiger partial charge < -0.3 is 5.32 Å². The van der Waals surface area contributed by atoms with E-state index < -0.39 is 0 Å². The normalized spacial score (nSPS) is 22.8. The van der Waals surface area contributed by atoms with Crippen molar-refractivity contribution < 1.29 is 4.79 Å². The van der Waals surface area contributed by atoms with E-state index in [2.05, 4.69) is 69.7 Å². The molecular formula is C28H37N3O. The van der Waals surface area contributed by atoms with Crippen molar-refractivity contribution in [3.8, 4) is 0 Å². The van der Waals surface area contributed by atoms with Crippen molar-refractivity contribution in [2.75, 3.05) is 26.2 Å². The fourth-order valence-corrected chi connectivity index (χ4v) is 5.97. The first-order valence-electron chi connectivity index (χ1n) is 12.6. The van der Waals surface area contributed by atoms with E-state index in [9.17, 15) is 4.79 Å². The number of fused-ring (bicyclic) bond motifs is 1. The molecule has 5 rings (SSSR count). The number of benzene rings is 2. The summed E-state index contributed by atoms with van der Waals surface area (Å²) in [5.41, 5.74) is 4.45. The van der Waals surface area contributed by atoms with Gasteiger partial charge in [0.2, 0.25) is 5.91 Å². The number of rotatable bonds is 7. The van der Waals surface area contributed by atoms with Crippen molar-refractivity contribution in [2.24, 2.45) is 5.92 Å².